The molecule has 0 aromatic carbocycles. The number of carbonyl (C=O) groups is 1. The second-order valence-corrected chi connectivity index (χ2v) is 9.99. The minimum absolute atomic E-state index is 0.0326. The van der Waals surface area contributed by atoms with Gasteiger partial charge in [-0.05, 0) is 32.4 Å². The monoisotopic (exact) mass is 478 g/mol. The van der Waals surface area contributed by atoms with Crippen LogP contribution in [0.1, 0.15) is 30.6 Å². The summed E-state index contributed by atoms with van der Waals surface area (Å²) in [7, 11) is 0. The van der Waals surface area contributed by atoms with Gasteiger partial charge in [0.15, 0.2) is 17.4 Å². The fourth-order valence-corrected chi connectivity index (χ4v) is 6.26. The fourth-order valence-electron chi connectivity index (χ4n) is 4.93. The average Bonchev–Trinajstić information content (AvgIpc) is 3.56. The molecular formula is C24H26N6O3S. The van der Waals surface area contributed by atoms with Crippen LogP contribution in [0.25, 0.3) is 32.6 Å². The highest BCUT2D eigenvalue weighted by molar-refractivity contribution is 7.24. The van der Waals surface area contributed by atoms with Crippen molar-refractivity contribution >= 4 is 49.2 Å². The maximum atomic E-state index is 13.0. The molecule has 0 saturated carbocycles. The first kappa shape index (κ1) is 21.5. The molecular weight excluding hydrogens is 452 g/mol. The van der Waals surface area contributed by atoms with Crippen molar-refractivity contribution in [3.8, 4) is 11.4 Å². The minimum Gasteiger partial charge on any atom is -0.391 e. The number of anilines is 2. The molecule has 176 valence electrons. The molecule has 2 fully saturated rings. The zero-order chi connectivity index (χ0) is 23.4. The van der Waals surface area contributed by atoms with E-state index < -0.39 is 0 Å². The van der Waals surface area contributed by atoms with E-state index in [9.17, 15) is 9.90 Å². The summed E-state index contributed by atoms with van der Waals surface area (Å²) < 4.78 is 6.59. The zero-order valence-electron chi connectivity index (χ0n) is 19.1. The number of H-pyrrole nitrogens is 1. The number of rotatable bonds is 4. The molecule has 10 heteroatoms. The summed E-state index contributed by atoms with van der Waals surface area (Å²) in [5.41, 5.74) is 2.92. The Morgan fingerprint density at radius 2 is 2.18 bits per heavy atom. The number of pyridine rings is 1. The van der Waals surface area contributed by atoms with Crippen molar-refractivity contribution in [2.24, 2.45) is 0 Å². The Morgan fingerprint density at radius 3 is 2.94 bits per heavy atom. The van der Waals surface area contributed by atoms with Crippen LogP contribution in [-0.4, -0.2) is 75.8 Å². The molecule has 4 aromatic heterocycles. The molecule has 2 aliphatic heterocycles. The lowest BCUT2D eigenvalue weighted by atomic mass is 10.1. The molecule has 6 heterocycles. The summed E-state index contributed by atoms with van der Waals surface area (Å²) in [6.45, 7) is 6.91. The molecule has 4 aromatic rings. The second-order valence-electron chi connectivity index (χ2n) is 8.99. The summed E-state index contributed by atoms with van der Waals surface area (Å²) in [6, 6.07) is 4.03. The molecule has 2 aliphatic rings. The number of aliphatic hydroxyl groups is 1. The van der Waals surface area contributed by atoms with E-state index in [1.54, 1.807) is 24.5 Å². The van der Waals surface area contributed by atoms with Crippen LogP contribution in [0, 0.1) is 0 Å². The first-order valence-corrected chi connectivity index (χ1v) is 12.4. The number of fused-ring (bicyclic) bond motifs is 2. The van der Waals surface area contributed by atoms with Crippen molar-refractivity contribution in [3.05, 3.63) is 30.1 Å². The van der Waals surface area contributed by atoms with E-state index in [0.29, 0.717) is 56.2 Å². The van der Waals surface area contributed by atoms with Gasteiger partial charge < -0.3 is 24.6 Å². The van der Waals surface area contributed by atoms with Gasteiger partial charge in [0, 0.05) is 43.0 Å². The summed E-state index contributed by atoms with van der Waals surface area (Å²) in [6.07, 6.45) is 3.91. The highest BCUT2D eigenvalue weighted by Gasteiger charge is 2.32. The summed E-state index contributed by atoms with van der Waals surface area (Å²) >= 11 is 1.55. The molecule has 0 unspecified atom stereocenters. The van der Waals surface area contributed by atoms with Gasteiger partial charge >= 0.3 is 0 Å². The number of ketones is 1. The van der Waals surface area contributed by atoms with Crippen LogP contribution in [0.5, 0.6) is 0 Å². The number of hydrogen-bond donors (Lipinski definition) is 2. The van der Waals surface area contributed by atoms with Gasteiger partial charge in [0.05, 0.1) is 35.6 Å². The number of Topliss-reactive ketones (excluding diaryl/α,β-unsaturated/α-hetero) is 1. The van der Waals surface area contributed by atoms with E-state index in [2.05, 4.69) is 26.7 Å². The number of aromatic nitrogens is 4. The number of aromatic amines is 1. The Balaban J connectivity index is 1.63. The number of morpholine rings is 1. The van der Waals surface area contributed by atoms with Gasteiger partial charge in [0.2, 0.25) is 0 Å². The number of carbonyl (C=O) groups excluding carboxylic acids is 1. The van der Waals surface area contributed by atoms with Crippen LogP contribution in [0.3, 0.4) is 0 Å². The fraction of sp³-hybridized carbons (Fsp3) is 0.417. The van der Waals surface area contributed by atoms with Crippen molar-refractivity contribution in [1.82, 2.24) is 19.9 Å². The van der Waals surface area contributed by atoms with Crippen molar-refractivity contribution in [1.29, 1.82) is 0 Å². The normalized spacial score (nSPS) is 21.1. The second kappa shape index (κ2) is 8.30. The van der Waals surface area contributed by atoms with E-state index in [1.807, 2.05) is 18.3 Å². The van der Waals surface area contributed by atoms with Gasteiger partial charge in [0.1, 0.15) is 16.2 Å². The molecule has 0 spiro atoms. The molecule has 0 bridgehead atoms. The maximum absolute atomic E-state index is 13.0. The molecule has 2 atom stereocenters. The van der Waals surface area contributed by atoms with Crippen LogP contribution in [0.4, 0.5) is 10.8 Å². The van der Waals surface area contributed by atoms with E-state index in [0.717, 1.165) is 32.1 Å². The average molecular weight is 479 g/mol. The van der Waals surface area contributed by atoms with E-state index in [1.165, 1.54) is 0 Å². The SMILES string of the molecule is CC(=O)c1c(N2CC[C@@H](O)C2)sc2c(N3CCOC[C@H]3C)nc(-c3ccnc4[nH]ccc34)nc12. The van der Waals surface area contributed by atoms with Gasteiger partial charge in [-0.3, -0.25) is 4.79 Å². The Morgan fingerprint density at radius 1 is 1.29 bits per heavy atom. The van der Waals surface area contributed by atoms with Crippen LogP contribution in [0.2, 0.25) is 0 Å². The number of aliphatic hydroxyl groups excluding tert-OH is 1. The summed E-state index contributed by atoms with van der Waals surface area (Å²) in [5.74, 6) is 1.37. The molecule has 9 nitrogen and oxygen atoms in total. The number of thiophene rings is 1. The molecule has 0 aliphatic carbocycles. The van der Waals surface area contributed by atoms with Crippen LogP contribution < -0.4 is 9.80 Å². The van der Waals surface area contributed by atoms with Gasteiger partial charge in [-0.2, -0.15) is 0 Å². The molecule has 2 saturated heterocycles. The smallest absolute Gasteiger partial charge is 0.164 e. The number of nitrogens with one attached hydrogen (secondary N) is 1. The highest BCUT2D eigenvalue weighted by Crippen LogP contribution is 2.44. The quantitative estimate of drug-likeness (QED) is 0.431. The van der Waals surface area contributed by atoms with E-state index in [-0.39, 0.29) is 17.9 Å². The molecule has 2 N–H and O–H groups in total. The van der Waals surface area contributed by atoms with Gasteiger partial charge in [-0.15, -0.1) is 11.3 Å². The number of ether oxygens (including phenoxy) is 1. The van der Waals surface area contributed by atoms with Gasteiger partial charge in [-0.1, -0.05) is 0 Å². The standard InChI is InChI=1S/C24H26N6O3S/c1-13-12-33-10-9-30(13)23-20-19(18(14(2)31)24(34-20)29-8-5-15(32)11-29)27-22(28-23)17-4-7-26-21-16(17)3-6-25-21/h3-4,6-7,13,15,32H,5,8-12H2,1-2H3,(H,25,26)/t13-,15-/m1/s1. The predicted molar refractivity (Wildman–Crippen MR) is 133 cm³/mol. The molecule has 34 heavy (non-hydrogen) atoms. The number of nitrogens with zero attached hydrogens (tertiary/aromatic N) is 5. The topological polar surface area (TPSA) is 107 Å². The van der Waals surface area contributed by atoms with Gasteiger partial charge in [-0.25, -0.2) is 15.0 Å². The maximum Gasteiger partial charge on any atom is 0.164 e. The molecule has 0 radical (unpaired) electrons. The van der Waals surface area contributed by atoms with Crippen molar-refractivity contribution < 1.29 is 14.6 Å². The van der Waals surface area contributed by atoms with Gasteiger partial charge in [0.25, 0.3) is 0 Å². The lowest BCUT2D eigenvalue weighted by molar-refractivity contribution is 0.0987. The Hall–Kier alpha value is -3.08. The third kappa shape index (κ3) is 3.44. The lowest BCUT2D eigenvalue weighted by Crippen LogP contribution is -2.44. The zero-order valence-corrected chi connectivity index (χ0v) is 19.9. The highest BCUT2D eigenvalue weighted by atomic mass is 32.1. The first-order valence-electron chi connectivity index (χ1n) is 11.6. The third-order valence-electron chi connectivity index (χ3n) is 6.64. The first-order chi connectivity index (χ1) is 16.5. The van der Waals surface area contributed by atoms with E-state index in [4.69, 9.17) is 14.7 Å². The van der Waals surface area contributed by atoms with Crippen LogP contribution in [0.15, 0.2) is 24.5 Å². The summed E-state index contributed by atoms with van der Waals surface area (Å²) in [4.78, 5) is 34.9. The minimum atomic E-state index is -0.385. The number of hydrogen-bond acceptors (Lipinski definition) is 9. The van der Waals surface area contributed by atoms with Crippen LogP contribution >= 0.6 is 11.3 Å². The number of β-amino-alcohol motifs (C(OH)–C–C–N with tert-alkyl or cyclic N) is 1. The van der Waals surface area contributed by atoms with Crippen molar-refractivity contribution in [2.75, 3.05) is 42.6 Å². The molecule has 6 rings (SSSR count). The predicted octanol–water partition coefficient (Wildman–Crippen LogP) is 3.23. The Labute approximate surface area is 200 Å². The largest absolute Gasteiger partial charge is 0.391 e. The van der Waals surface area contributed by atoms with Crippen LogP contribution in [-0.2, 0) is 4.74 Å². The van der Waals surface area contributed by atoms with Crippen molar-refractivity contribution in [3.63, 3.8) is 0 Å². The Bertz CT molecular complexity index is 1400. The van der Waals surface area contributed by atoms with E-state index >= 15 is 0 Å². The van der Waals surface area contributed by atoms with Crippen molar-refractivity contribution in [2.45, 2.75) is 32.4 Å². The summed E-state index contributed by atoms with van der Waals surface area (Å²) in [5, 5.41) is 12.0. The Kier molecular flexibility index (Phi) is 5.23. The third-order valence-corrected chi connectivity index (χ3v) is 7.88. The molecule has 0 amide bonds. The lowest BCUT2D eigenvalue weighted by Gasteiger charge is -2.34.